The molecular weight excluding hydrogens is 238 g/mol. The van der Waals surface area contributed by atoms with Crippen molar-refractivity contribution in [1.82, 2.24) is 15.1 Å². The number of piperazine rings is 1. The predicted molar refractivity (Wildman–Crippen MR) is 79.5 cm³/mol. The summed E-state index contributed by atoms with van der Waals surface area (Å²) in [4.78, 5) is 4.97. The van der Waals surface area contributed by atoms with Crippen molar-refractivity contribution in [2.45, 2.75) is 38.9 Å². The zero-order valence-electron chi connectivity index (χ0n) is 12.9. The average molecular weight is 269 g/mol. The fourth-order valence-electron chi connectivity index (χ4n) is 2.92. The van der Waals surface area contributed by atoms with Crippen molar-refractivity contribution in [2.75, 3.05) is 52.9 Å². The highest BCUT2D eigenvalue weighted by Gasteiger charge is 2.27. The number of rotatable bonds is 6. The Morgan fingerprint density at radius 3 is 2.47 bits per heavy atom. The van der Waals surface area contributed by atoms with Crippen LogP contribution in [0, 0.1) is 5.92 Å². The summed E-state index contributed by atoms with van der Waals surface area (Å²) in [6, 6.07) is 0. The minimum Gasteiger partial charge on any atom is -0.372 e. The molecule has 0 radical (unpaired) electrons. The molecule has 0 saturated carbocycles. The van der Waals surface area contributed by atoms with Gasteiger partial charge in [-0.05, 0) is 32.4 Å². The molecule has 0 aromatic carbocycles. The van der Waals surface area contributed by atoms with Crippen molar-refractivity contribution < 1.29 is 4.74 Å². The summed E-state index contributed by atoms with van der Waals surface area (Å²) in [6.07, 6.45) is 3.37. The zero-order chi connectivity index (χ0) is 13.7. The molecule has 0 aromatic heterocycles. The van der Waals surface area contributed by atoms with Gasteiger partial charge < -0.3 is 15.0 Å². The summed E-state index contributed by atoms with van der Waals surface area (Å²) in [5.74, 6) is 0.725. The van der Waals surface area contributed by atoms with Gasteiger partial charge in [-0.15, -0.1) is 0 Å². The first-order valence-corrected chi connectivity index (χ1v) is 7.90. The molecule has 112 valence electrons. The van der Waals surface area contributed by atoms with Gasteiger partial charge in [0, 0.05) is 39.3 Å². The largest absolute Gasteiger partial charge is 0.372 e. The molecule has 4 nitrogen and oxygen atoms in total. The van der Waals surface area contributed by atoms with Gasteiger partial charge in [-0.2, -0.15) is 0 Å². The molecule has 19 heavy (non-hydrogen) atoms. The summed E-state index contributed by atoms with van der Waals surface area (Å²) >= 11 is 0. The molecular formula is C15H31N3O. The first kappa shape index (κ1) is 15.2. The van der Waals surface area contributed by atoms with Crippen LogP contribution < -0.4 is 5.32 Å². The highest BCUT2D eigenvalue weighted by molar-refractivity contribution is 4.80. The van der Waals surface area contributed by atoms with Crippen molar-refractivity contribution in [3.05, 3.63) is 0 Å². The van der Waals surface area contributed by atoms with Crippen LogP contribution in [0.15, 0.2) is 0 Å². The maximum atomic E-state index is 6.16. The summed E-state index contributed by atoms with van der Waals surface area (Å²) in [5, 5.41) is 3.51. The number of hydrogen-bond donors (Lipinski definition) is 1. The van der Waals surface area contributed by atoms with Crippen LogP contribution >= 0.6 is 0 Å². The minimum absolute atomic E-state index is 0.441. The summed E-state index contributed by atoms with van der Waals surface area (Å²) < 4.78 is 6.16. The lowest BCUT2D eigenvalue weighted by atomic mass is 10.1. The highest BCUT2D eigenvalue weighted by atomic mass is 16.5. The molecule has 2 atom stereocenters. The van der Waals surface area contributed by atoms with E-state index in [1.807, 2.05) is 0 Å². The van der Waals surface area contributed by atoms with E-state index in [1.54, 1.807) is 0 Å². The Morgan fingerprint density at radius 1 is 1.11 bits per heavy atom. The SMILES string of the molecule is CC(C)CNCC1CCC(CN2CCN(C)CC2)O1. The molecule has 2 heterocycles. The van der Waals surface area contributed by atoms with Crippen LogP contribution in [-0.4, -0.2) is 74.9 Å². The molecule has 1 N–H and O–H groups in total. The topological polar surface area (TPSA) is 27.7 Å². The predicted octanol–water partition coefficient (Wildman–Crippen LogP) is 1.03. The molecule has 0 aliphatic carbocycles. The van der Waals surface area contributed by atoms with E-state index in [-0.39, 0.29) is 0 Å². The molecule has 2 rings (SSSR count). The highest BCUT2D eigenvalue weighted by Crippen LogP contribution is 2.20. The standard InChI is InChI=1S/C15H31N3O/c1-13(2)10-16-11-14-4-5-15(19-14)12-18-8-6-17(3)7-9-18/h13-16H,4-12H2,1-3H3. The molecule has 2 aliphatic heterocycles. The Bertz CT molecular complexity index is 252. The molecule has 2 unspecified atom stereocenters. The van der Waals surface area contributed by atoms with Crippen molar-refractivity contribution in [3.63, 3.8) is 0 Å². The zero-order valence-corrected chi connectivity index (χ0v) is 12.9. The van der Waals surface area contributed by atoms with Crippen LogP contribution in [0.4, 0.5) is 0 Å². The van der Waals surface area contributed by atoms with Crippen molar-refractivity contribution in [2.24, 2.45) is 5.92 Å². The van der Waals surface area contributed by atoms with Gasteiger partial charge in [-0.25, -0.2) is 0 Å². The Labute approximate surface area is 118 Å². The van der Waals surface area contributed by atoms with E-state index in [4.69, 9.17) is 4.74 Å². The third kappa shape index (κ3) is 5.38. The van der Waals surface area contributed by atoms with Crippen LogP contribution in [0.3, 0.4) is 0 Å². The molecule has 0 bridgehead atoms. The van der Waals surface area contributed by atoms with Crippen molar-refractivity contribution in [1.29, 1.82) is 0 Å². The van der Waals surface area contributed by atoms with Gasteiger partial charge in [-0.1, -0.05) is 13.8 Å². The second-order valence-corrected chi connectivity index (χ2v) is 6.61. The monoisotopic (exact) mass is 269 g/mol. The molecule has 0 aromatic rings. The van der Waals surface area contributed by atoms with E-state index in [2.05, 4.69) is 36.0 Å². The van der Waals surface area contributed by atoms with Crippen molar-refractivity contribution >= 4 is 0 Å². The number of ether oxygens (including phenoxy) is 1. The smallest absolute Gasteiger partial charge is 0.0707 e. The van der Waals surface area contributed by atoms with Gasteiger partial charge in [0.1, 0.15) is 0 Å². The second kappa shape index (κ2) is 7.58. The lowest BCUT2D eigenvalue weighted by Gasteiger charge is -2.33. The first-order chi connectivity index (χ1) is 9.13. The van der Waals surface area contributed by atoms with Gasteiger partial charge in [0.2, 0.25) is 0 Å². The first-order valence-electron chi connectivity index (χ1n) is 7.90. The molecule has 2 aliphatic rings. The lowest BCUT2D eigenvalue weighted by Crippen LogP contribution is -2.47. The second-order valence-electron chi connectivity index (χ2n) is 6.61. The van der Waals surface area contributed by atoms with E-state index in [1.165, 1.54) is 39.0 Å². The number of nitrogens with one attached hydrogen (secondary N) is 1. The van der Waals surface area contributed by atoms with Gasteiger partial charge in [0.15, 0.2) is 0 Å². The molecule has 2 fully saturated rings. The average Bonchev–Trinajstić information content (AvgIpc) is 2.79. The van der Waals surface area contributed by atoms with E-state index in [0.717, 1.165) is 25.6 Å². The van der Waals surface area contributed by atoms with Gasteiger partial charge >= 0.3 is 0 Å². The Balaban J connectivity index is 1.59. The van der Waals surface area contributed by atoms with Crippen LogP contribution in [0.25, 0.3) is 0 Å². The van der Waals surface area contributed by atoms with Crippen LogP contribution in [0.5, 0.6) is 0 Å². The minimum atomic E-state index is 0.441. The van der Waals surface area contributed by atoms with Gasteiger partial charge in [0.25, 0.3) is 0 Å². The normalized spacial score (nSPS) is 30.3. The molecule has 2 saturated heterocycles. The maximum Gasteiger partial charge on any atom is 0.0707 e. The van der Waals surface area contributed by atoms with Crippen LogP contribution in [0.2, 0.25) is 0 Å². The molecule has 4 heteroatoms. The van der Waals surface area contributed by atoms with Gasteiger partial charge in [-0.3, -0.25) is 4.90 Å². The van der Waals surface area contributed by atoms with Gasteiger partial charge in [0.05, 0.1) is 12.2 Å². The summed E-state index contributed by atoms with van der Waals surface area (Å²) in [5.41, 5.74) is 0. The summed E-state index contributed by atoms with van der Waals surface area (Å²) in [7, 11) is 2.21. The fraction of sp³-hybridized carbons (Fsp3) is 1.00. The van der Waals surface area contributed by atoms with Crippen LogP contribution in [-0.2, 0) is 4.74 Å². The van der Waals surface area contributed by atoms with E-state index >= 15 is 0 Å². The number of hydrogen-bond acceptors (Lipinski definition) is 4. The van der Waals surface area contributed by atoms with E-state index in [9.17, 15) is 0 Å². The fourth-order valence-corrected chi connectivity index (χ4v) is 2.92. The third-order valence-electron chi connectivity index (χ3n) is 4.18. The molecule has 0 spiro atoms. The quantitative estimate of drug-likeness (QED) is 0.779. The van der Waals surface area contributed by atoms with E-state index < -0.39 is 0 Å². The number of likely N-dealkylation sites (N-methyl/N-ethyl adjacent to an activating group) is 1. The Hall–Kier alpha value is -0.160. The maximum absolute atomic E-state index is 6.16. The summed E-state index contributed by atoms with van der Waals surface area (Å²) in [6.45, 7) is 12.6. The third-order valence-corrected chi connectivity index (χ3v) is 4.18. The Kier molecular flexibility index (Phi) is 6.07. The lowest BCUT2D eigenvalue weighted by molar-refractivity contribution is 0.0145. The van der Waals surface area contributed by atoms with Crippen molar-refractivity contribution in [3.8, 4) is 0 Å². The van der Waals surface area contributed by atoms with E-state index in [0.29, 0.717) is 12.2 Å². The number of nitrogens with zero attached hydrogens (tertiary/aromatic N) is 2. The molecule has 0 amide bonds. The Morgan fingerprint density at radius 2 is 1.79 bits per heavy atom. The van der Waals surface area contributed by atoms with Crippen LogP contribution in [0.1, 0.15) is 26.7 Å².